The summed E-state index contributed by atoms with van der Waals surface area (Å²) in [5.41, 5.74) is 2.38. The van der Waals surface area contributed by atoms with E-state index in [-0.39, 0.29) is 5.41 Å². The van der Waals surface area contributed by atoms with Crippen molar-refractivity contribution in [1.82, 2.24) is 24.7 Å². The predicted molar refractivity (Wildman–Crippen MR) is 105 cm³/mol. The van der Waals surface area contributed by atoms with Crippen molar-refractivity contribution in [3.8, 4) is 5.75 Å². The van der Waals surface area contributed by atoms with Crippen LogP contribution in [-0.2, 0) is 31.4 Å². The molecule has 142 valence electrons. The van der Waals surface area contributed by atoms with Crippen LogP contribution in [0.15, 0.2) is 42.9 Å². The van der Waals surface area contributed by atoms with Crippen LogP contribution in [0.1, 0.15) is 50.6 Å². The molecular formula is C21H27N5O. The number of aryl methyl sites for hydroxylation is 3. The molecule has 0 bridgehead atoms. The van der Waals surface area contributed by atoms with Crippen LogP contribution in [0.2, 0.25) is 0 Å². The SMILES string of the molecule is CCn1nc(COc2ccc(C(C)(C)C)cc2)nc1CCc1cnccn1. The Morgan fingerprint density at radius 3 is 2.44 bits per heavy atom. The van der Waals surface area contributed by atoms with Gasteiger partial charge < -0.3 is 4.74 Å². The van der Waals surface area contributed by atoms with E-state index in [2.05, 4.69) is 59.9 Å². The Morgan fingerprint density at radius 2 is 1.81 bits per heavy atom. The molecule has 0 atom stereocenters. The standard InChI is InChI=1S/C21H27N5O/c1-5-26-20(11-8-17-14-22-12-13-23-17)24-19(25-26)15-27-18-9-6-16(7-10-18)21(2,3)4/h6-7,9-10,12-14H,5,8,11,15H2,1-4H3. The van der Waals surface area contributed by atoms with Gasteiger partial charge in [-0.3, -0.25) is 9.97 Å². The molecule has 0 saturated carbocycles. The molecule has 2 aromatic heterocycles. The molecule has 0 amide bonds. The van der Waals surface area contributed by atoms with E-state index in [9.17, 15) is 0 Å². The third-order valence-corrected chi connectivity index (χ3v) is 4.40. The largest absolute Gasteiger partial charge is 0.486 e. The lowest BCUT2D eigenvalue weighted by Gasteiger charge is -2.19. The highest BCUT2D eigenvalue weighted by molar-refractivity contribution is 5.31. The van der Waals surface area contributed by atoms with E-state index in [0.717, 1.165) is 36.7 Å². The van der Waals surface area contributed by atoms with Gasteiger partial charge in [-0.2, -0.15) is 5.10 Å². The fourth-order valence-electron chi connectivity index (χ4n) is 2.82. The van der Waals surface area contributed by atoms with Gasteiger partial charge >= 0.3 is 0 Å². The summed E-state index contributed by atoms with van der Waals surface area (Å²) < 4.78 is 7.80. The fraction of sp³-hybridized carbons (Fsp3) is 0.429. The van der Waals surface area contributed by atoms with Crippen LogP contribution in [0.3, 0.4) is 0 Å². The Balaban J connectivity index is 1.61. The minimum Gasteiger partial charge on any atom is -0.486 e. The highest BCUT2D eigenvalue weighted by Gasteiger charge is 2.14. The molecule has 0 spiro atoms. The van der Waals surface area contributed by atoms with Crippen LogP contribution >= 0.6 is 0 Å². The van der Waals surface area contributed by atoms with E-state index in [1.807, 2.05) is 16.8 Å². The Bertz CT molecular complexity index is 851. The second kappa shape index (κ2) is 8.29. The van der Waals surface area contributed by atoms with E-state index in [0.29, 0.717) is 12.4 Å². The summed E-state index contributed by atoms with van der Waals surface area (Å²) in [6.45, 7) is 9.81. The first-order valence-corrected chi connectivity index (χ1v) is 9.36. The fourth-order valence-corrected chi connectivity index (χ4v) is 2.82. The summed E-state index contributed by atoms with van der Waals surface area (Å²) in [6.07, 6.45) is 6.75. The second-order valence-electron chi connectivity index (χ2n) is 7.52. The van der Waals surface area contributed by atoms with Gasteiger partial charge in [0.2, 0.25) is 0 Å². The summed E-state index contributed by atoms with van der Waals surface area (Å²) in [7, 11) is 0. The van der Waals surface area contributed by atoms with E-state index >= 15 is 0 Å². The van der Waals surface area contributed by atoms with Crippen molar-refractivity contribution in [2.75, 3.05) is 0 Å². The van der Waals surface area contributed by atoms with E-state index in [1.165, 1.54) is 5.56 Å². The molecule has 0 aliphatic carbocycles. The Labute approximate surface area is 160 Å². The maximum absolute atomic E-state index is 5.87. The lowest BCUT2D eigenvalue weighted by molar-refractivity contribution is 0.295. The quantitative estimate of drug-likeness (QED) is 0.638. The lowest BCUT2D eigenvalue weighted by Crippen LogP contribution is -2.10. The second-order valence-corrected chi connectivity index (χ2v) is 7.52. The molecule has 0 fully saturated rings. The van der Waals surface area contributed by atoms with E-state index < -0.39 is 0 Å². The maximum Gasteiger partial charge on any atom is 0.188 e. The van der Waals surface area contributed by atoms with Crippen molar-refractivity contribution in [1.29, 1.82) is 0 Å². The lowest BCUT2D eigenvalue weighted by atomic mass is 9.87. The number of hydrogen-bond donors (Lipinski definition) is 0. The number of hydrogen-bond acceptors (Lipinski definition) is 5. The molecule has 1 aromatic carbocycles. The molecule has 0 aliphatic rings. The minimum atomic E-state index is 0.137. The van der Waals surface area contributed by atoms with Crippen LogP contribution in [-0.4, -0.2) is 24.7 Å². The summed E-state index contributed by atoms with van der Waals surface area (Å²) in [5.74, 6) is 2.48. The highest BCUT2D eigenvalue weighted by Crippen LogP contribution is 2.24. The molecule has 0 unspecified atom stereocenters. The van der Waals surface area contributed by atoms with Gasteiger partial charge in [0.05, 0.1) is 5.69 Å². The van der Waals surface area contributed by atoms with Crippen LogP contribution < -0.4 is 4.74 Å². The number of nitrogens with zero attached hydrogens (tertiary/aromatic N) is 5. The van der Waals surface area contributed by atoms with Gasteiger partial charge in [0.1, 0.15) is 18.2 Å². The third-order valence-electron chi connectivity index (χ3n) is 4.40. The van der Waals surface area contributed by atoms with Crippen LogP contribution in [0.4, 0.5) is 0 Å². The zero-order valence-corrected chi connectivity index (χ0v) is 16.5. The maximum atomic E-state index is 5.87. The average molecular weight is 365 g/mol. The molecule has 0 N–H and O–H groups in total. The van der Waals surface area contributed by atoms with Crippen molar-refractivity contribution in [2.24, 2.45) is 0 Å². The van der Waals surface area contributed by atoms with Gasteiger partial charge in [0, 0.05) is 31.6 Å². The van der Waals surface area contributed by atoms with Gasteiger partial charge in [0.15, 0.2) is 5.82 Å². The minimum absolute atomic E-state index is 0.137. The van der Waals surface area contributed by atoms with Crippen LogP contribution in [0.25, 0.3) is 0 Å². The Morgan fingerprint density at radius 1 is 1.04 bits per heavy atom. The third kappa shape index (κ3) is 5.12. The zero-order valence-electron chi connectivity index (χ0n) is 16.5. The molecule has 2 heterocycles. The van der Waals surface area contributed by atoms with Gasteiger partial charge in [-0.1, -0.05) is 32.9 Å². The van der Waals surface area contributed by atoms with Gasteiger partial charge in [-0.25, -0.2) is 9.67 Å². The topological polar surface area (TPSA) is 65.7 Å². The predicted octanol–water partition coefficient (Wildman–Crippen LogP) is 3.75. The van der Waals surface area contributed by atoms with Crippen molar-refractivity contribution in [3.05, 3.63) is 65.8 Å². The average Bonchev–Trinajstić information content (AvgIpc) is 3.07. The first-order chi connectivity index (χ1) is 13.0. The summed E-state index contributed by atoms with van der Waals surface area (Å²) >= 11 is 0. The normalized spacial score (nSPS) is 11.6. The Hall–Kier alpha value is -2.76. The van der Waals surface area contributed by atoms with Crippen molar-refractivity contribution < 1.29 is 4.74 Å². The molecule has 0 aliphatic heterocycles. The Kier molecular flexibility index (Phi) is 5.84. The van der Waals surface area contributed by atoms with Crippen LogP contribution in [0, 0.1) is 0 Å². The van der Waals surface area contributed by atoms with Crippen molar-refractivity contribution in [2.45, 2.75) is 59.1 Å². The number of rotatable bonds is 7. The first-order valence-electron chi connectivity index (χ1n) is 9.36. The summed E-state index contributed by atoms with van der Waals surface area (Å²) in [5, 5.41) is 4.56. The van der Waals surface area contributed by atoms with Crippen LogP contribution in [0.5, 0.6) is 5.75 Å². The molecular weight excluding hydrogens is 338 g/mol. The molecule has 6 nitrogen and oxygen atoms in total. The molecule has 0 radical (unpaired) electrons. The van der Waals surface area contributed by atoms with Gasteiger partial charge in [-0.15, -0.1) is 0 Å². The summed E-state index contributed by atoms with van der Waals surface area (Å²) in [6, 6.07) is 8.23. The van der Waals surface area contributed by atoms with Crippen molar-refractivity contribution >= 4 is 0 Å². The van der Waals surface area contributed by atoms with E-state index in [4.69, 9.17) is 4.74 Å². The molecule has 6 heteroatoms. The first kappa shape index (κ1) is 19.0. The molecule has 3 rings (SSSR count). The monoisotopic (exact) mass is 365 g/mol. The van der Waals surface area contributed by atoms with Crippen molar-refractivity contribution in [3.63, 3.8) is 0 Å². The molecule has 0 saturated heterocycles. The highest BCUT2D eigenvalue weighted by atomic mass is 16.5. The molecule has 3 aromatic rings. The van der Waals surface area contributed by atoms with E-state index in [1.54, 1.807) is 18.6 Å². The number of ether oxygens (including phenoxy) is 1. The van der Waals surface area contributed by atoms with Gasteiger partial charge in [0.25, 0.3) is 0 Å². The summed E-state index contributed by atoms with van der Waals surface area (Å²) in [4.78, 5) is 13.1. The smallest absolute Gasteiger partial charge is 0.188 e. The number of benzene rings is 1. The molecule has 27 heavy (non-hydrogen) atoms. The zero-order chi connectivity index (χ0) is 19.3. The number of aromatic nitrogens is 5. The van der Waals surface area contributed by atoms with Gasteiger partial charge in [-0.05, 0) is 36.5 Å².